The van der Waals surface area contributed by atoms with Crippen molar-refractivity contribution in [1.82, 2.24) is 10.6 Å². The predicted octanol–water partition coefficient (Wildman–Crippen LogP) is 4.52. The number of amides is 2. The minimum Gasteiger partial charge on any atom is -0.383 e. The van der Waals surface area contributed by atoms with Gasteiger partial charge in [0.05, 0.1) is 0 Å². The number of hydrogen-bond donors (Lipinski definition) is 3. The number of carbonyl (C=O) groups excluding carboxylic acids is 2. The van der Waals surface area contributed by atoms with E-state index in [4.69, 9.17) is 0 Å². The number of rotatable bonds is 9. The topological polar surface area (TPSA) is 70.2 Å². The van der Waals surface area contributed by atoms with Crippen LogP contribution in [-0.4, -0.2) is 30.4 Å². The zero-order chi connectivity index (χ0) is 23.0. The lowest BCUT2D eigenvalue weighted by atomic mass is 9.74. The van der Waals surface area contributed by atoms with Gasteiger partial charge in [0, 0.05) is 18.8 Å². The highest BCUT2D eigenvalue weighted by molar-refractivity contribution is 5.93. The van der Waals surface area contributed by atoms with Crippen LogP contribution in [0.3, 0.4) is 0 Å². The molecule has 0 heterocycles. The molecule has 2 atom stereocenters. The van der Waals surface area contributed by atoms with E-state index in [1.54, 1.807) is 49.4 Å². The number of carbonyl (C=O) groups is 2. The van der Waals surface area contributed by atoms with Crippen LogP contribution in [0, 0.1) is 11.7 Å². The molecule has 1 saturated carbocycles. The monoisotopic (exact) mass is 443 g/mol. The normalized spacial score (nSPS) is 17.1. The number of alkyl halides is 1. The Bertz CT molecular complexity index is 886. The van der Waals surface area contributed by atoms with Crippen LogP contribution in [-0.2, 0) is 9.59 Å². The lowest BCUT2D eigenvalue weighted by Crippen LogP contribution is -2.62. The molecule has 0 bridgehead atoms. The molecular weight excluding hydrogens is 412 g/mol. The molecule has 0 aliphatic heterocycles. The highest BCUT2D eigenvalue weighted by atomic mass is 19.1. The summed E-state index contributed by atoms with van der Waals surface area (Å²) in [6.07, 6.45) is 2.83. The van der Waals surface area contributed by atoms with E-state index in [9.17, 15) is 18.4 Å². The van der Waals surface area contributed by atoms with Crippen molar-refractivity contribution in [2.75, 3.05) is 18.4 Å². The smallest absolute Gasteiger partial charge is 0.260 e. The highest BCUT2D eigenvalue weighted by Crippen LogP contribution is 2.33. The zero-order valence-electron chi connectivity index (χ0n) is 18.4. The van der Waals surface area contributed by atoms with E-state index in [1.807, 2.05) is 0 Å². The lowest BCUT2D eigenvalue weighted by Gasteiger charge is -2.39. The van der Waals surface area contributed by atoms with Crippen LogP contribution in [0.1, 0.15) is 50.8 Å². The minimum atomic E-state index is -1.84. The molecule has 3 rings (SSSR count). The zero-order valence-corrected chi connectivity index (χ0v) is 18.4. The highest BCUT2D eigenvalue weighted by Gasteiger charge is 2.43. The van der Waals surface area contributed by atoms with Crippen LogP contribution < -0.4 is 16.0 Å². The van der Waals surface area contributed by atoms with Gasteiger partial charge in [-0.2, -0.15) is 0 Å². The third kappa shape index (κ3) is 6.05. The van der Waals surface area contributed by atoms with Gasteiger partial charge in [0.15, 0.2) is 0 Å². The molecule has 2 aromatic carbocycles. The molecule has 0 radical (unpaired) electrons. The van der Waals surface area contributed by atoms with Gasteiger partial charge in [-0.1, -0.05) is 49.6 Å². The van der Waals surface area contributed by atoms with Crippen molar-refractivity contribution < 1.29 is 18.4 Å². The Kier molecular flexibility index (Phi) is 8.20. The quantitative estimate of drug-likeness (QED) is 0.499. The van der Waals surface area contributed by atoms with Crippen LogP contribution in [0.4, 0.5) is 14.5 Å². The third-order valence-electron chi connectivity index (χ3n) is 6.18. The van der Waals surface area contributed by atoms with Gasteiger partial charge < -0.3 is 16.0 Å². The second kappa shape index (κ2) is 11.1. The van der Waals surface area contributed by atoms with Crippen LogP contribution in [0.2, 0.25) is 0 Å². The largest absolute Gasteiger partial charge is 0.383 e. The Hall–Kier alpha value is -2.96. The molecule has 7 heteroatoms. The van der Waals surface area contributed by atoms with E-state index >= 15 is 0 Å². The maximum atomic E-state index is 14.8. The molecule has 2 aromatic rings. The van der Waals surface area contributed by atoms with Crippen LogP contribution >= 0.6 is 0 Å². The number of anilines is 1. The molecular formula is C25H31F2N3O2. The Balaban J connectivity index is 1.63. The summed E-state index contributed by atoms with van der Waals surface area (Å²) < 4.78 is 27.8. The van der Waals surface area contributed by atoms with E-state index < -0.39 is 17.6 Å². The number of hydrogen-bond acceptors (Lipinski definition) is 3. The first-order chi connectivity index (χ1) is 15.4. The summed E-state index contributed by atoms with van der Waals surface area (Å²) in [5, 5.41) is 8.72. The Morgan fingerprint density at radius 2 is 1.66 bits per heavy atom. The fraction of sp³-hybridized carbons (Fsp3) is 0.440. The molecule has 5 nitrogen and oxygen atoms in total. The average Bonchev–Trinajstić information content (AvgIpc) is 2.83. The van der Waals surface area contributed by atoms with Crippen LogP contribution in [0.15, 0.2) is 54.6 Å². The van der Waals surface area contributed by atoms with Gasteiger partial charge in [0.2, 0.25) is 12.1 Å². The molecule has 0 saturated heterocycles. The molecule has 0 spiro atoms. The molecule has 32 heavy (non-hydrogen) atoms. The third-order valence-corrected chi connectivity index (χ3v) is 6.18. The van der Waals surface area contributed by atoms with E-state index in [2.05, 4.69) is 16.0 Å². The van der Waals surface area contributed by atoms with Crippen molar-refractivity contribution in [2.24, 2.45) is 5.92 Å². The van der Waals surface area contributed by atoms with Crippen LogP contribution in [0.5, 0.6) is 0 Å². The molecule has 0 aromatic heterocycles. The van der Waals surface area contributed by atoms with E-state index in [-0.39, 0.29) is 23.2 Å². The van der Waals surface area contributed by atoms with Crippen molar-refractivity contribution in [3.63, 3.8) is 0 Å². The fourth-order valence-electron chi connectivity index (χ4n) is 4.25. The Morgan fingerprint density at radius 1 is 1.00 bits per heavy atom. The summed E-state index contributed by atoms with van der Waals surface area (Å²) in [6, 6.07) is 14.2. The SMILES string of the molecule is C[C@@](NC(=O)C(F)c1ccccc1)(C(=O)NCCNc1ccc(F)cc1)C1CCCCC1. The molecule has 2 amide bonds. The maximum Gasteiger partial charge on any atom is 0.260 e. The number of halogens is 2. The predicted molar refractivity (Wildman–Crippen MR) is 121 cm³/mol. The minimum absolute atomic E-state index is 0.0618. The second-order valence-electron chi connectivity index (χ2n) is 8.49. The summed E-state index contributed by atoms with van der Waals surface area (Å²) >= 11 is 0. The fourth-order valence-corrected chi connectivity index (χ4v) is 4.25. The van der Waals surface area contributed by atoms with Gasteiger partial charge in [-0.05, 0) is 55.5 Å². The van der Waals surface area contributed by atoms with E-state index in [0.29, 0.717) is 13.1 Å². The first-order valence-corrected chi connectivity index (χ1v) is 11.2. The summed E-state index contributed by atoms with van der Waals surface area (Å²) in [7, 11) is 0. The van der Waals surface area contributed by atoms with E-state index in [1.165, 1.54) is 12.1 Å². The first-order valence-electron chi connectivity index (χ1n) is 11.2. The van der Waals surface area contributed by atoms with Crippen molar-refractivity contribution in [2.45, 2.75) is 50.7 Å². The summed E-state index contributed by atoms with van der Waals surface area (Å²) in [5.74, 6) is -1.50. The molecule has 1 fully saturated rings. The average molecular weight is 444 g/mol. The summed E-state index contributed by atoms with van der Waals surface area (Å²) in [6.45, 7) is 2.44. The van der Waals surface area contributed by atoms with Gasteiger partial charge in [0.1, 0.15) is 11.4 Å². The van der Waals surface area contributed by atoms with Gasteiger partial charge in [-0.25, -0.2) is 8.78 Å². The van der Waals surface area contributed by atoms with Crippen molar-refractivity contribution in [3.05, 3.63) is 66.0 Å². The maximum absolute atomic E-state index is 14.8. The van der Waals surface area contributed by atoms with Crippen molar-refractivity contribution in [1.29, 1.82) is 0 Å². The molecule has 1 aliphatic rings. The van der Waals surface area contributed by atoms with Gasteiger partial charge in [-0.3, -0.25) is 9.59 Å². The van der Waals surface area contributed by atoms with Crippen molar-refractivity contribution >= 4 is 17.5 Å². The standard InChI is InChI=1S/C25H31F2N3O2/c1-25(19-10-6-3-7-11-19,30-23(31)22(27)18-8-4-2-5-9-18)24(32)29-17-16-28-21-14-12-20(26)13-15-21/h2,4-5,8-9,12-15,19,22,28H,3,6-7,10-11,16-17H2,1H3,(H,29,32)(H,30,31)/t22?,25-/m0/s1. The molecule has 1 aliphatic carbocycles. The molecule has 3 N–H and O–H groups in total. The van der Waals surface area contributed by atoms with E-state index in [0.717, 1.165) is 37.8 Å². The summed E-state index contributed by atoms with van der Waals surface area (Å²) in [5.41, 5.74) is -0.195. The Labute approximate surface area is 188 Å². The lowest BCUT2D eigenvalue weighted by molar-refractivity contribution is -0.138. The molecule has 1 unspecified atom stereocenters. The van der Waals surface area contributed by atoms with Gasteiger partial charge in [0.25, 0.3) is 5.91 Å². The summed E-state index contributed by atoms with van der Waals surface area (Å²) in [4.78, 5) is 25.9. The van der Waals surface area contributed by atoms with Crippen molar-refractivity contribution in [3.8, 4) is 0 Å². The second-order valence-corrected chi connectivity index (χ2v) is 8.49. The van der Waals surface area contributed by atoms with Gasteiger partial charge >= 0.3 is 0 Å². The number of nitrogens with one attached hydrogen (secondary N) is 3. The van der Waals surface area contributed by atoms with Crippen LogP contribution in [0.25, 0.3) is 0 Å². The molecule has 172 valence electrons. The Morgan fingerprint density at radius 3 is 2.31 bits per heavy atom. The van der Waals surface area contributed by atoms with Gasteiger partial charge in [-0.15, -0.1) is 0 Å². The first kappa shape index (κ1) is 23.7. The number of benzene rings is 2.